The molecule has 2 heterocycles. The Bertz CT molecular complexity index is 1580. The van der Waals surface area contributed by atoms with Gasteiger partial charge in [-0.25, -0.2) is 4.98 Å². The molecule has 2 aromatic heterocycles. The normalized spacial score (nSPS) is 15.8. The Labute approximate surface area is 236 Å². The summed E-state index contributed by atoms with van der Waals surface area (Å²) in [6.07, 6.45) is 2.93. The summed E-state index contributed by atoms with van der Waals surface area (Å²) in [5.41, 5.74) is 4.39. The van der Waals surface area contributed by atoms with Crippen LogP contribution in [0.2, 0.25) is 5.02 Å². The molecular weight excluding hydrogens is 536 g/mol. The quantitative estimate of drug-likeness (QED) is 0.207. The van der Waals surface area contributed by atoms with E-state index < -0.39 is 5.25 Å². The molecule has 0 fully saturated rings. The molecule has 4 aromatic rings. The van der Waals surface area contributed by atoms with Gasteiger partial charge in [-0.2, -0.15) is 0 Å². The molecule has 1 aliphatic carbocycles. The molecule has 0 spiro atoms. The van der Waals surface area contributed by atoms with Crippen LogP contribution in [-0.4, -0.2) is 34.8 Å². The van der Waals surface area contributed by atoms with E-state index in [-0.39, 0.29) is 11.5 Å². The Kier molecular flexibility index (Phi) is 7.58. The minimum atomic E-state index is -0.491. The van der Waals surface area contributed by atoms with Gasteiger partial charge in [0.15, 0.2) is 5.16 Å². The van der Waals surface area contributed by atoms with E-state index in [1.165, 1.54) is 16.6 Å². The highest BCUT2D eigenvalue weighted by Gasteiger charge is 2.27. The number of nitrogens with zero attached hydrogens (tertiary/aromatic N) is 3. The summed E-state index contributed by atoms with van der Waals surface area (Å²) in [6, 6.07) is 13.3. The number of hydrogen-bond donors (Lipinski definition) is 1. The summed E-state index contributed by atoms with van der Waals surface area (Å²) >= 11 is 9.36. The van der Waals surface area contributed by atoms with Crippen molar-refractivity contribution in [1.82, 2.24) is 9.55 Å². The second-order valence-corrected chi connectivity index (χ2v) is 13.0. The number of benzene rings is 2. The number of halogens is 1. The standard InChI is InChI=1S/C29H31ClN4O2S2/c1-16-6-13-22-24(14-16)38-27-25(22)28(36)34(21-10-7-17(2)23(30)15-21)29(32-27)37-18(3)26(35)31-19-8-11-20(12-9-19)33(4)5/h7-12,15-16,18H,6,13-14H2,1-5H3,(H,31,35)/t16-,18+/m0/s1. The van der Waals surface area contributed by atoms with Gasteiger partial charge in [-0.05, 0) is 86.6 Å². The van der Waals surface area contributed by atoms with Crippen LogP contribution >= 0.6 is 34.7 Å². The van der Waals surface area contributed by atoms with Gasteiger partial charge in [0.05, 0.1) is 16.3 Å². The van der Waals surface area contributed by atoms with Gasteiger partial charge in [-0.3, -0.25) is 14.2 Å². The van der Waals surface area contributed by atoms with Gasteiger partial charge in [0.2, 0.25) is 5.91 Å². The van der Waals surface area contributed by atoms with Gasteiger partial charge in [-0.1, -0.05) is 36.4 Å². The number of fused-ring (bicyclic) bond motifs is 3. The monoisotopic (exact) mass is 566 g/mol. The number of carbonyl (C=O) groups is 1. The summed E-state index contributed by atoms with van der Waals surface area (Å²) in [5.74, 6) is 0.438. The zero-order chi connectivity index (χ0) is 27.1. The van der Waals surface area contributed by atoms with Crippen molar-refractivity contribution in [3.63, 3.8) is 0 Å². The molecular formula is C29H31ClN4O2S2. The average molecular weight is 567 g/mol. The topological polar surface area (TPSA) is 67.2 Å². The number of aryl methyl sites for hydroxylation is 2. The van der Waals surface area contributed by atoms with Gasteiger partial charge >= 0.3 is 0 Å². The zero-order valence-corrected chi connectivity index (χ0v) is 24.6. The van der Waals surface area contributed by atoms with Gasteiger partial charge in [0, 0.05) is 35.4 Å². The number of amides is 1. The van der Waals surface area contributed by atoms with E-state index in [2.05, 4.69) is 12.2 Å². The van der Waals surface area contributed by atoms with Gasteiger partial charge in [0.1, 0.15) is 4.83 Å². The van der Waals surface area contributed by atoms with Crippen LogP contribution in [0.4, 0.5) is 11.4 Å². The third kappa shape index (κ3) is 5.22. The Balaban J connectivity index is 1.53. The second-order valence-electron chi connectivity index (χ2n) is 10.2. The summed E-state index contributed by atoms with van der Waals surface area (Å²) in [5, 5.41) is 4.27. The molecule has 5 rings (SSSR count). The molecule has 198 valence electrons. The van der Waals surface area contributed by atoms with Crippen LogP contribution in [0.3, 0.4) is 0 Å². The molecule has 6 nitrogen and oxygen atoms in total. The second kappa shape index (κ2) is 10.8. The van der Waals surface area contributed by atoms with Gasteiger partial charge in [-0.15, -0.1) is 11.3 Å². The lowest BCUT2D eigenvalue weighted by atomic mass is 9.89. The summed E-state index contributed by atoms with van der Waals surface area (Å²) in [6.45, 7) is 6.01. The van der Waals surface area contributed by atoms with Crippen molar-refractivity contribution < 1.29 is 4.79 Å². The maximum atomic E-state index is 14.1. The van der Waals surface area contributed by atoms with Crippen LogP contribution in [0, 0.1) is 12.8 Å². The predicted octanol–water partition coefficient (Wildman–Crippen LogP) is 6.72. The van der Waals surface area contributed by atoms with E-state index in [9.17, 15) is 9.59 Å². The Morgan fingerprint density at radius 3 is 2.66 bits per heavy atom. The SMILES string of the molecule is Cc1ccc(-n2c(S[C@H](C)C(=O)Nc3ccc(N(C)C)cc3)nc3sc4c(c3c2=O)CC[C@H](C)C4)cc1Cl. The van der Waals surface area contributed by atoms with Crippen molar-refractivity contribution in [3.05, 3.63) is 73.8 Å². The van der Waals surface area contributed by atoms with Crippen LogP contribution < -0.4 is 15.8 Å². The van der Waals surface area contributed by atoms with Crippen molar-refractivity contribution in [3.8, 4) is 5.69 Å². The Morgan fingerprint density at radius 1 is 1.24 bits per heavy atom. The highest BCUT2D eigenvalue weighted by atomic mass is 35.5. The van der Waals surface area contributed by atoms with Crippen LogP contribution in [0.5, 0.6) is 0 Å². The summed E-state index contributed by atoms with van der Waals surface area (Å²) < 4.78 is 1.62. The molecule has 1 amide bonds. The highest BCUT2D eigenvalue weighted by Crippen LogP contribution is 2.37. The molecule has 0 unspecified atom stereocenters. The smallest absolute Gasteiger partial charge is 0.267 e. The number of thiophene rings is 1. The van der Waals surface area contributed by atoms with Crippen molar-refractivity contribution in [1.29, 1.82) is 0 Å². The molecule has 1 N–H and O–H groups in total. The highest BCUT2D eigenvalue weighted by molar-refractivity contribution is 8.00. The Hall–Kier alpha value is -2.81. The molecule has 0 aliphatic heterocycles. The molecule has 0 radical (unpaired) electrons. The van der Waals surface area contributed by atoms with Crippen molar-refractivity contribution in [2.75, 3.05) is 24.3 Å². The third-order valence-electron chi connectivity index (χ3n) is 7.01. The Morgan fingerprint density at radius 2 is 1.97 bits per heavy atom. The third-order valence-corrected chi connectivity index (χ3v) is 9.62. The van der Waals surface area contributed by atoms with Gasteiger partial charge in [0.25, 0.3) is 5.56 Å². The number of nitrogens with one attached hydrogen (secondary N) is 1. The van der Waals surface area contributed by atoms with E-state index in [0.29, 0.717) is 27.2 Å². The number of thioether (sulfide) groups is 1. The number of anilines is 2. The van der Waals surface area contributed by atoms with Gasteiger partial charge < -0.3 is 10.2 Å². The molecule has 2 atom stereocenters. The fourth-order valence-electron chi connectivity index (χ4n) is 4.70. The van der Waals surface area contributed by atoms with Crippen LogP contribution in [-0.2, 0) is 17.6 Å². The largest absolute Gasteiger partial charge is 0.378 e. The maximum Gasteiger partial charge on any atom is 0.267 e. The number of hydrogen-bond acceptors (Lipinski definition) is 6. The average Bonchev–Trinajstić information content (AvgIpc) is 3.23. The first kappa shape index (κ1) is 26.8. The number of carbonyl (C=O) groups excluding carboxylic acids is 1. The molecule has 9 heteroatoms. The maximum absolute atomic E-state index is 14.1. The van der Waals surface area contributed by atoms with E-state index in [1.54, 1.807) is 22.0 Å². The molecule has 38 heavy (non-hydrogen) atoms. The molecule has 1 aliphatic rings. The first-order valence-electron chi connectivity index (χ1n) is 12.7. The summed E-state index contributed by atoms with van der Waals surface area (Å²) in [7, 11) is 3.95. The van der Waals surface area contributed by atoms with Crippen LogP contribution in [0.25, 0.3) is 15.9 Å². The lowest BCUT2D eigenvalue weighted by Gasteiger charge is -2.18. The minimum Gasteiger partial charge on any atom is -0.378 e. The molecule has 0 bridgehead atoms. The predicted molar refractivity (Wildman–Crippen MR) is 161 cm³/mol. The molecule has 0 saturated carbocycles. The van der Waals surface area contributed by atoms with E-state index >= 15 is 0 Å². The zero-order valence-electron chi connectivity index (χ0n) is 22.2. The first-order chi connectivity index (χ1) is 18.1. The van der Waals surface area contributed by atoms with Crippen molar-refractivity contribution in [2.24, 2.45) is 5.92 Å². The number of aromatic nitrogens is 2. The van der Waals surface area contributed by atoms with E-state index in [1.807, 2.05) is 69.2 Å². The fraction of sp³-hybridized carbons (Fsp3) is 0.345. The first-order valence-corrected chi connectivity index (χ1v) is 14.8. The summed E-state index contributed by atoms with van der Waals surface area (Å²) in [4.78, 5) is 36.2. The molecule has 2 aromatic carbocycles. The van der Waals surface area contributed by atoms with Crippen LogP contribution in [0.1, 0.15) is 36.3 Å². The minimum absolute atomic E-state index is 0.101. The van der Waals surface area contributed by atoms with Crippen molar-refractivity contribution in [2.45, 2.75) is 50.4 Å². The van der Waals surface area contributed by atoms with E-state index in [4.69, 9.17) is 16.6 Å². The van der Waals surface area contributed by atoms with E-state index in [0.717, 1.165) is 46.6 Å². The van der Waals surface area contributed by atoms with Crippen LogP contribution in [0.15, 0.2) is 52.4 Å². The fourth-order valence-corrected chi connectivity index (χ4v) is 7.22. The van der Waals surface area contributed by atoms with Crippen molar-refractivity contribution >= 4 is 62.2 Å². The lowest BCUT2D eigenvalue weighted by molar-refractivity contribution is -0.115. The molecule has 0 saturated heterocycles. The lowest BCUT2D eigenvalue weighted by Crippen LogP contribution is -2.26. The number of rotatable bonds is 6.